The molecule has 0 saturated carbocycles. The van der Waals surface area contributed by atoms with Gasteiger partial charge >= 0.3 is 0 Å². The maximum absolute atomic E-state index is 10.4. The third kappa shape index (κ3) is 11.4. The van der Waals surface area contributed by atoms with Crippen molar-refractivity contribution in [3.05, 3.63) is 115 Å². The van der Waals surface area contributed by atoms with E-state index in [2.05, 4.69) is 31.4 Å². The molecule has 252 valence electrons. The van der Waals surface area contributed by atoms with Crippen LogP contribution in [0.3, 0.4) is 0 Å². The topological polar surface area (TPSA) is 72.0 Å². The maximum atomic E-state index is 10.4. The van der Waals surface area contributed by atoms with E-state index in [-0.39, 0.29) is 30.7 Å². The van der Waals surface area contributed by atoms with E-state index in [0.717, 1.165) is 47.9 Å². The molecule has 3 N–H and O–H groups in total. The molecule has 0 amide bonds. The number of hydrogen-bond donors (Lipinski definition) is 3. The molecule has 0 aromatic heterocycles. The molecule has 6 nitrogen and oxygen atoms in total. The van der Waals surface area contributed by atoms with Crippen molar-refractivity contribution < 1.29 is 19.3 Å². The van der Waals surface area contributed by atoms with Gasteiger partial charge in [-0.25, -0.2) is 0 Å². The Labute approximate surface area is 298 Å². The third-order valence-electron chi connectivity index (χ3n) is 8.03. The number of halogens is 4. The summed E-state index contributed by atoms with van der Waals surface area (Å²) in [5.41, 5.74) is 4.36. The van der Waals surface area contributed by atoms with Crippen LogP contribution in [0.25, 0.3) is 0 Å². The Morgan fingerprint density at radius 3 is 1.91 bits per heavy atom. The summed E-state index contributed by atoms with van der Waals surface area (Å²) in [6.07, 6.45) is 3.50. The van der Waals surface area contributed by atoms with E-state index >= 15 is 0 Å². The second-order valence-corrected chi connectivity index (χ2v) is 13.4. The van der Waals surface area contributed by atoms with Crippen LogP contribution in [0.1, 0.15) is 61.9 Å². The quantitative estimate of drug-likeness (QED) is 0.0944. The fraction of sp³-hybridized carbons (Fsp3) is 0.351. The highest BCUT2D eigenvalue weighted by molar-refractivity contribution is 6.42. The molecule has 4 aromatic rings. The Morgan fingerprint density at radius 1 is 0.638 bits per heavy atom. The van der Waals surface area contributed by atoms with E-state index in [9.17, 15) is 5.11 Å². The van der Waals surface area contributed by atoms with Crippen LogP contribution in [0.4, 0.5) is 0 Å². The SMILES string of the molecule is COc1cc(CCC(C)NC(C)c2ccc(Cl)c(Cl)c2)ccc1OCOc1cc(CCC(C)NCc2ccc(Cl)c(Cl)c2)ccc1O. The van der Waals surface area contributed by atoms with Crippen LogP contribution in [0.2, 0.25) is 20.1 Å². The summed E-state index contributed by atoms with van der Waals surface area (Å²) in [6, 6.07) is 23.3. The zero-order valence-electron chi connectivity index (χ0n) is 27.1. The highest BCUT2D eigenvalue weighted by Crippen LogP contribution is 2.31. The zero-order chi connectivity index (χ0) is 33.9. The van der Waals surface area contributed by atoms with Gasteiger partial charge in [0.15, 0.2) is 23.0 Å². The lowest BCUT2D eigenvalue weighted by Gasteiger charge is -2.21. The Hall–Kier alpha value is -2.84. The first-order valence-electron chi connectivity index (χ1n) is 15.6. The number of ether oxygens (including phenoxy) is 3. The number of methoxy groups -OCH3 is 1. The molecular weight excluding hydrogens is 678 g/mol. The van der Waals surface area contributed by atoms with Crippen LogP contribution in [0.15, 0.2) is 72.8 Å². The van der Waals surface area contributed by atoms with Gasteiger partial charge in [0.1, 0.15) is 0 Å². The molecule has 0 heterocycles. The van der Waals surface area contributed by atoms with Crippen LogP contribution < -0.4 is 24.8 Å². The number of benzene rings is 4. The van der Waals surface area contributed by atoms with E-state index in [1.165, 1.54) is 0 Å². The van der Waals surface area contributed by atoms with Gasteiger partial charge in [-0.2, -0.15) is 0 Å². The standard InChI is InChI=1S/C37H42Cl4N2O4/c1-23(42-21-28-9-13-30(38)32(40)17-28)5-7-26-10-15-34(44)36(18-26)47-22-46-35-16-11-27(19-37(35)45-4)8-6-24(2)43-25(3)29-12-14-31(39)33(41)20-29/h9-20,23-25,42-44H,5-8,21-22H2,1-4H3. The smallest absolute Gasteiger partial charge is 0.231 e. The fourth-order valence-corrected chi connectivity index (χ4v) is 5.80. The molecule has 0 spiro atoms. The zero-order valence-corrected chi connectivity index (χ0v) is 30.1. The minimum Gasteiger partial charge on any atom is -0.504 e. The van der Waals surface area contributed by atoms with Crippen molar-refractivity contribution in [2.45, 2.75) is 71.1 Å². The molecular formula is C37H42Cl4N2O4. The van der Waals surface area contributed by atoms with E-state index in [0.29, 0.717) is 43.9 Å². The van der Waals surface area contributed by atoms with Crippen LogP contribution >= 0.6 is 46.4 Å². The summed E-state index contributed by atoms with van der Waals surface area (Å²) in [5, 5.41) is 19.7. The number of rotatable bonds is 17. The molecule has 0 aliphatic rings. The van der Waals surface area contributed by atoms with Gasteiger partial charge < -0.3 is 30.0 Å². The Bertz CT molecular complexity index is 1620. The highest BCUT2D eigenvalue weighted by Gasteiger charge is 2.13. The lowest BCUT2D eigenvalue weighted by atomic mass is 10.0. The number of nitrogens with one attached hydrogen (secondary N) is 2. The molecule has 47 heavy (non-hydrogen) atoms. The van der Waals surface area contributed by atoms with Gasteiger partial charge in [0, 0.05) is 24.7 Å². The van der Waals surface area contributed by atoms with Crippen LogP contribution in [-0.2, 0) is 19.4 Å². The summed E-state index contributed by atoms with van der Waals surface area (Å²) >= 11 is 24.4. The molecule has 4 rings (SSSR count). The average Bonchev–Trinajstić information content (AvgIpc) is 3.06. The Kier molecular flexibility index (Phi) is 14.2. The molecule has 0 fully saturated rings. The highest BCUT2D eigenvalue weighted by atomic mass is 35.5. The first kappa shape index (κ1) is 37.0. The number of aromatic hydroxyl groups is 1. The predicted molar refractivity (Wildman–Crippen MR) is 194 cm³/mol. The monoisotopic (exact) mass is 718 g/mol. The number of hydrogen-bond acceptors (Lipinski definition) is 6. The molecule has 0 aliphatic heterocycles. The van der Waals surface area contributed by atoms with Crippen molar-refractivity contribution in [1.82, 2.24) is 10.6 Å². The summed E-state index contributed by atoms with van der Waals surface area (Å²) < 4.78 is 17.3. The predicted octanol–water partition coefficient (Wildman–Crippen LogP) is 10.2. The second-order valence-electron chi connectivity index (χ2n) is 11.8. The van der Waals surface area contributed by atoms with Crippen LogP contribution in [-0.4, -0.2) is 31.1 Å². The van der Waals surface area contributed by atoms with Gasteiger partial charge in [-0.3, -0.25) is 0 Å². The fourth-order valence-electron chi connectivity index (χ4n) is 5.17. The van der Waals surface area contributed by atoms with Crippen molar-refractivity contribution in [2.75, 3.05) is 13.9 Å². The average molecular weight is 721 g/mol. The summed E-state index contributed by atoms with van der Waals surface area (Å²) in [4.78, 5) is 0. The molecule has 0 saturated heterocycles. The van der Waals surface area contributed by atoms with Crippen molar-refractivity contribution in [3.63, 3.8) is 0 Å². The summed E-state index contributed by atoms with van der Waals surface area (Å²) in [5.74, 6) is 1.61. The largest absolute Gasteiger partial charge is 0.504 e. The van der Waals surface area contributed by atoms with Gasteiger partial charge in [-0.1, -0.05) is 70.7 Å². The lowest BCUT2D eigenvalue weighted by Crippen LogP contribution is -2.29. The van der Waals surface area contributed by atoms with Crippen molar-refractivity contribution in [2.24, 2.45) is 0 Å². The minimum absolute atomic E-state index is 0.0571. The number of phenols is 1. The van der Waals surface area contributed by atoms with E-state index in [1.807, 2.05) is 66.7 Å². The van der Waals surface area contributed by atoms with Crippen molar-refractivity contribution >= 4 is 46.4 Å². The van der Waals surface area contributed by atoms with Gasteiger partial charge in [0.2, 0.25) is 6.79 Å². The third-order valence-corrected chi connectivity index (χ3v) is 9.51. The van der Waals surface area contributed by atoms with Crippen LogP contribution in [0, 0.1) is 0 Å². The Balaban J connectivity index is 1.23. The second kappa shape index (κ2) is 18.1. The van der Waals surface area contributed by atoms with E-state index in [4.69, 9.17) is 60.6 Å². The molecule has 0 aliphatic carbocycles. The molecule has 0 radical (unpaired) electrons. The minimum atomic E-state index is -0.0815. The number of phenolic OH excluding ortho intramolecular Hbond substituents is 1. The van der Waals surface area contributed by atoms with Crippen molar-refractivity contribution in [1.29, 1.82) is 0 Å². The van der Waals surface area contributed by atoms with Gasteiger partial charge in [0.25, 0.3) is 0 Å². The van der Waals surface area contributed by atoms with Gasteiger partial charge in [0.05, 0.1) is 27.2 Å². The van der Waals surface area contributed by atoms with Gasteiger partial charge in [-0.05, 0) is 117 Å². The molecule has 3 atom stereocenters. The Morgan fingerprint density at radius 2 is 1.23 bits per heavy atom. The summed E-state index contributed by atoms with van der Waals surface area (Å²) in [6.45, 7) is 7.04. The van der Waals surface area contributed by atoms with Gasteiger partial charge in [-0.15, -0.1) is 0 Å². The number of aryl methyl sites for hydroxylation is 2. The summed E-state index contributed by atoms with van der Waals surface area (Å²) in [7, 11) is 1.62. The molecule has 4 aromatic carbocycles. The van der Waals surface area contributed by atoms with E-state index in [1.54, 1.807) is 13.2 Å². The normalized spacial score (nSPS) is 13.2. The molecule has 3 unspecified atom stereocenters. The first-order chi connectivity index (χ1) is 22.5. The molecule has 10 heteroatoms. The maximum Gasteiger partial charge on any atom is 0.231 e. The first-order valence-corrected chi connectivity index (χ1v) is 17.2. The van der Waals surface area contributed by atoms with Crippen molar-refractivity contribution in [3.8, 4) is 23.0 Å². The lowest BCUT2D eigenvalue weighted by molar-refractivity contribution is 0.113. The molecule has 0 bridgehead atoms. The van der Waals surface area contributed by atoms with Crippen LogP contribution in [0.5, 0.6) is 23.0 Å². The van der Waals surface area contributed by atoms with E-state index < -0.39 is 0 Å².